The summed E-state index contributed by atoms with van der Waals surface area (Å²) in [7, 11) is 0. The molecule has 6 nitrogen and oxygen atoms in total. The summed E-state index contributed by atoms with van der Waals surface area (Å²) in [6, 6.07) is 11.5. The van der Waals surface area contributed by atoms with Gasteiger partial charge in [0.1, 0.15) is 16.5 Å². The number of amides is 1. The van der Waals surface area contributed by atoms with Crippen LogP contribution in [0.25, 0.3) is 10.6 Å². The predicted molar refractivity (Wildman–Crippen MR) is 109 cm³/mol. The van der Waals surface area contributed by atoms with Crippen molar-refractivity contribution in [3.8, 4) is 22.2 Å². The molecule has 0 atom stereocenters. The molecule has 0 unspecified atom stereocenters. The summed E-state index contributed by atoms with van der Waals surface area (Å²) in [5.41, 5.74) is 0.0713. The number of carbonyl (C=O) groups excluding carboxylic acids is 1. The second kappa shape index (κ2) is 8.52. The Labute approximate surface area is 178 Å². The molecule has 0 saturated heterocycles. The molecule has 0 aliphatic heterocycles. The largest absolute Gasteiger partial charge is 0.437 e. The van der Waals surface area contributed by atoms with Crippen LogP contribution in [0.5, 0.6) is 11.6 Å². The molecule has 0 bridgehead atoms. The fourth-order valence-corrected chi connectivity index (χ4v) is 3.43. The Bertz CT molecular complexity index is 1210. The zero-order valence-electron chi connectivity index (χ0n) is 15.6. The molecule has 0 radical (unpaired) electrons. The highest BCUT2D eigenvalue weighted by atomic mass is 32.1. The molecule has 4 rings (SSSR count). The van der Waals surface area contributed by atoms with Crippen LogP contribution in [0.1, 0.15) is 16.1 Å². The monoisotopic (exact) mass is 442 g/mol. The van der Waals surface area contributed by atoms with Crippen LogP contribution in [0.4, 0.5) is 18.9 Å². The van der Waals surface area contributed by atoms with Crippen LogP contribution in [-0.4, -0.2) is 20.9 Å². The van der Waals surface area contributed by atoms with Crippen LogP contribution in [0.3, 0.4) is 0 Å². The molecule has 31 heavy (non-hydrogen) atoms. The van der Waals surface area contributed by atoms with Crippen molar-refractivity contribution >= 4 is 22.9 Å². The van der Waals surface area contributed by atoms with Crippen molar-refractivity contribution in [2.24, 2.45) is 0 Å². The van der Waals surface area contributed by atoms with Gasteiger partial charge in [0.2, 0.25) is 5.88 Å². The summed E-state index contributed by atoms with van der Waals surface area (Å²) in [6.07, 6.45) is 0.0118. The number of carbonyl (C=O) groups is 1. The number of halogens is 3. The second-order valence-corrected chi connectivity index (χ2v) is 7.10. The molecule has 4 aromatic rings. The minimum Gasteiger partial charge on any atom is -0.437 e. The standard InChI is InChI=1S/C21H13F3N4O2S/c22-21(23,24)14-4-1-3-13(9-14)20-28-17(12-31-20)19(29)27-15-5-2-6-16(10-15)30-18-11-25-7-8-26-18/h1-12H,(H,27,29). The molecule has 2 heterocycles. The molecular formula is C21H13F3N4O2S. The Balaban J connectivity index is 1.48. The van der Waals surface area contributed by atoms with Crippen LogP contribution >= 0.6 is 11.3 Å². The first kappa shape index (κ1) is 20.5. The van der Waals surface area contributed by atoms with E-state index in [9.17, 15) is 18.0 Å². The number of nitrogens with zero attached hydrogens (tertiary/aromatic N) is 3. The Hall–Kier alpha value is -3.79. The van der Waals surface area contributed by atoms with E-state index in [0.717, 1.165) is 23.5 Å². The smallest absolute Gasteiger partial charge is 0.416 e. The highest BCUT2D eigenvalue weighted by molar-refractivity contribution is 7.13. The highest BCUT2D eigenvalue weighted by Gasteiger charge is 2.30. The number of anilines is 1. The maximum atomic E-state index is 12.9. The molecule has 1 amide bonds. The Kier molecular flexibility index (Phi) is 5.63. The molecule has 10 heteroatoms. The van der Waals surface area contributed by atoms with Crippen molar-refractivity contribution in [1.82, 2.24) is 15.0 Å². The number of aromatic nitrogens is 3. The Morgan fingerprint density at radius 3 is 2.68 bits per heavy atom. The van der Waals surface area contributed by atoms with Crippen LogP contribution in [0.15, 0.2) is 72.5 Å². The topological polar surface area (TPSA) is 77.0 Å². The van der Waals surface area contributed by atoms with Crippen molar-refractivity contribution in [3.05, 3.63) is 83.8 Å². The van der Waals surface area contributed by atoms with Crippen molar-refractivity contribution < 1.29 is 22.7 Å². The Morgan fingerprint density at radius 1 is 1.06 bits per heavy atom. The zero-order valence-corrected chi connectivity index (χ0v) is 16.4. The van der Waals surface area contributed by atoms with Crippen molar-refractivity contribution in [2.45, 2.75) is 6.18 Å². The van der Waals surface area contributed by atoms with E-state index >= 15 is 0 Å². The number of ether oxygens (including phenoxy) is 1. The summed E-state index contributed by atoms with van der Waals surface area (Å²) in [5, 5.41) is 4.50. The number of nitrogens with one attached hydrogen (secondary N) is 1. The molecule has 2 aromatic heterocycles. The zero-order chi connectivity index (χ0) is 21.8. The quantitative estimate of drug-likeness (QED) is 0.431. The molecule has 0 saturated carbocycles. The van der Waals surface area contributed by atoms with Crippen LogP contribution in [0.2, 0.25) is 0 Å². The molecule has 0 fully saturated rings. The van der Waals surface area contributed by atoms with E-state index in [4.69, 9.17) is 4.74 Å². The van der Waals surface area contributed by atoms with Gasteiger partial charge in [-0.2, -0.15) is 13.2 Å². The fraction of sp³-hybridized carbons (Fsp3) is 0.0476. The van der Waals surface area contributed by atoms with Gasteiger partial charge >= 0.3 is 6.18 Å². The third-order valence-corrected chi connectivity index (χ3v) is 4.92. The molecule has 2 aromatic carbocycles. The molecule has 1 N–H and O–H groups in total. The van der Waals surface area contributed by atoms with Crippen molar-refractivity contribution in [2.75, 3.05) is 5.32 Å². The summed E-state index contributed by atoms with van der Waals surface area (Å²) < 4.78 is 44.4. The number of benzene rings is 2. The lowest BCUT2D eigenvalue weighted by Crippen LogP contribution is -2.12. The first-order valence-electron chi connectivity index (χ1n) is 8.87. The maximum Gasteiger partial charge on any atom is 0.416 e. The number of hydrogen-bond donors (Lipinski definition) is 1. The van der Waals surface area contributed by atoms with Crippen LogP contribution in [-0.2, 0) is 6.18 Å². The average Bonchev–Trinajstić information content (AvgIpc) is 3.25. The first-order chi connectivity index (χ1) is 14.9. The van der Waals surface area contributed by atoms with Gasteiger partial charge in [-0.25, -0.2) is 9.97 Å². The number of hydrogen-bond acceptors (Lipinski definition) is 6. The van der Waals surface area contributed by atoms with Gasteiger partial charge < -0.3 is 10.1 Å². The van der Waals surface area contributed by atoms with Crippen LogP contribution < -0.4 is 10.1 Å². The van der Waals surface area contributed by atoms with Gasteiger partial charge in [-0.15, -0.1) is 11.3 Å². The van der Waals surface area contributed by atoms with E-state index in [2.05, 4.69) is 20.3 Å². The normalized spacial score (nSPS) is 11.2. The maximum absolute atomic E-state index is 12.9. The number of rotatable bonds is 5. The van der Waals surface area contributed by atoms with Gasteiger partial charge in [0.25, 0.3) is 5.91 Å². The molecule has 156 valence electrons. The summed E-state index contributed by atoms with van der Waals surface area (Å²) >= 11 is 1.09. The molecule has 0 aliphatic carbocycles. The van der Waals surface area contributed by atoms with Crippen LogP contribution in [0, 0.1) is 0 Å². The number of thiazole rings is 1. The molecule has 0 aliphatic rings. The van der Waals surface area contributed by atoms with E-state index in [1.54, 1.807) is 24.3 Å². The van der Waals surface area contributed by atoms with Gasteiger partial charge in [0, 0.05) is 35.1 Å². The van der Waals surface area contributed by atoms with E-state index in [1.807, 2.05) is 0 Å². The molecular weight excluding hydrogens is 429 g/mol. The lowest BCUT2D eigenvalue weighted by atomic mass is 10.1. The average molecular weight is 442 g/mol. The second-order valence-electron chi connectivity index (χ2n) is 6.24. The third kappa shape index (κ3) is 5.04. The predicted octanol–water partition coefficient (Wildman–Crippen LogP) is 5.66. The van der Waals surface area contributed by atoms with Crippen molar-refractivity contribution in [3.63, 3.8) is 0 Å². The summed E-state index contributed by atoms with van der Waals surface area (Å²) in [4.78, 5) is 24.6. The van der Waals surface area contributed by atoms with Gasteiger partial charge in [-0.1, -0.05) is 18.2 Å². The lowest BCUT2D eigenvalue weighted by Gasteiger charge is -2.07. The highest BCUT2D eigenvalue weighted by Crippen LogP contribution is 2.33. The van der Waals surface area contributed by atoms with Gasteiger partial charge in [-0.3, -0.25) is 9.78 Å². The van der Waals surface area contributed by atoms with Gasteiger partial charge in [0.15, 0.2) is 0 Å². The first-order valence-corrected chi connectivity index (χ1v) is 9.75. The van der Waals surface area contributed by atoms with E-state index in [-0.39, 0.29) is 5.69 Å². The van der Waals surface area contributed by atoms with E-state index in [0.29, 0.717) is 27.9 Å². The summed E-state index contributed by atoms with van der Waals surface area (Å²) in [5.74, 6) is 0.253. The third-order valence-electron chi connectivity index (χ3n) is 4.03. The van der Waals surface area contributed by atoms with E-state index < -0.39 is 17.6 Å². The fourth-order valence-electron chi connectivity index (χ4n) is 2.63. The summed E-state index contributed by atoms with van der Waals surface area (Å²) in [6.45, 7) is 0. The Morgan fingerprint density at radius 2 is 1.90 bits per heavy atom. The SMILES string of the molecule is O=C(Nc1cccc(Oc2cnccn2)c1)c1csc(-c2cccc(C(F)(F)F)c2)n1. The number of alkyl halides is 3. The van der Waals surface area contributed by atoms with Gasteiger partial charge in [0.05, 0.1) is 11.8 Å². The van der Waals surface area contributed by atoms with Gasteiger partial charge in [-0.05, 0) is 24.3 Å². The minimum atomic E-state index is -4.45. The lowest BCUT2D eigenvalue weighted by molar-refractivity contribution is -0.137. The minimum absolute atomic E-state index is 0.0951. The van der Waals surface area contributed by atoms with E-state index in [1.165, 1.54) is 36.1 Å². The molecule has 0 spiro atoms. The van der Waals surface area contributed by atoms with Crippen molar-refractivity contribution in [1.29, 1.82) is 0 Å².